The predicted octanol–water partition coefficient (Wildman–Crippen LogP) is 9.46. The SMILES string of the molecule is CCCCCCC/C=C(/F)c1ccc(C(=O)O)c(-c2ccc(OCCCCCCCC)cc2)c1. The van der Waals surface area contributed by atoms with Crippen LogP contribution in [0.4, 0.5) is 4.39 Å². The van der Waals surface area contributed by atoms with Crippen molar-refractivity contribution >= 4 is 11.8 Å². The van der Waals surface area contributed by atoms with Gasteiger partial charge in [-0.3, -0.25) is 0 Å². The average molecular weight is 469 g/mol. The first-order chi connectivity index (χ1) is 16.6. The Morgan fingerprint density at radius 3 is 2.12 bits per heavy atom. The van der Waals surface area contributed by atoms with Crippen LogP contribution in [0.25, 0.3) is 17.0 Å². The Morgan fingerprint density at radius 2 is 1.47 bits per heavy atom. The number of carbonyl (C=O) groups is 1. The molecular formula is C30H41FO3. The van der Waals surface area contributed by atoms with Gasteiger partial charge in [-0.1, -0.05) is 89.8 Å². The molecule has 0 aliphatic carbocycles. The number of allylic oxidation sites excluding steroid dienone is 1. The Bertz CT molecular complexity index is 886. The van der Waals surface area contributed by atoms with E-state index < -0.39 is 5.97 Å². The van der Waals surface area contributed by atoms with E-state index in [0.717, 1.165) is 30.6 Å². The first-order valence-corrected chi connectivity index (χ1v) is 13.0. The van der Waals surface area contributed by atoms with Crippen molar-refractivity contribution in [3.63, 3.8) is 0 Å². The van der Waals surface area contributed by atoms with Crippen molar-refractivity contribution in [3.8, 4) is 16.9 Å². The summed E-state index contributed by atoms with van der Waals surface area (Å²) < 4.78 is 20.6. The first kappa shape index (κ1) is 27.6. The number of rotatable bonds is 17. The fraction of sp³-hybridized carbons (Fsp3) is 0.500. The van der Waals surface area contributed by atoms with Crippen molar-refractivity contribution < 1.29 is 19.0 Å². The second-order valence-corrected chi connectivity index (χ2v) is 8.96. The summed E-state index contributed by atoms with van der Waals surface area (Å²) in [7, 11) is 0. The molecule has 0 amide bonds. The van der Waals surface area contributed by atoms with Gasteiger partial charge in [0, 0.05) is 5.56 Å². The normalized spacial score (nSPS) is 11.6. The quantitative estimate of drug-likeness (QED) is 0.235. The number of ether oxygens (including phenoxy) is 1. The van der Waals surface area contributed by atoms with Crippen molar-refractivity contribution in [1.29, 1.82) is 0 Å². The highest BCUT2D eigenvalue weighted by atomic mass is 19.1. The first-order valence-electron chi connectivity index (χ1n) is 13.0. The molecule has 0 aromatic heterocycles. The number of hydrogen-bond acceptors (Lipinski definition) is 2. The summed E-state index contributed by atoms with van der Waals surface area (Å²) in [4.78, 5) is 11.8. The Morgan fingerprint density at radius 1 is 0.853 bits per heavy atom. The van der Waals surface area contributed by atoms with Crippen molar-refractivity contribution in [2.45, 2.75) is 90.9 Å². The molecule has 3 nitrogen and oxygen atoms in total. The number of carboxylic acids is 1. The van der Waals surface area contributed by atoms with Crippen LogP contribution in [0.5, 0.6) is 5.75 Å². The van der Waals surface area contributed by atoms with E-state index in [1.807, 2.05) is 24.3 Å². The van der Waals surface area contributed by atoms with Crippen LogP contribution in [-0.2, 0) is 0 Å². The van der Waals surface area contributed by atoms with Gasteiger partial charge in [0.15, 0.2) is 0 Å². The Hall–Kier alpha value is -2.62. The van der Waals surface area contributed by atoms with Gasteiger partial charge in [0.1, 0.15) is 11.6 Å². The van der Waals surface area contributed by atoms with E-state index in [0.29, 0.717) is 24.2 Å². The fourth-order valence-corrected chi connectivity index (χ4v) is 4.02. The molecule has 0 radical (unpaired) electrons. The lowest BCUT2D eigenvalue weighted by Gasteiger charge is -2.11. The summed E-state index contributed by atoms with van der Waals surface area (Å²) in [5.74, 6) is -0.558. The van der Waals surface area contributed by atoms with Crippen LogP contribution in [0.1, 0.15) is 107 Å². The molecule has 2 rings (SSSR count). The summed E-state index contributed by atoms with van der Waals surface area (Å²) in [5.41, 5.74) is 1.83. The van der Waals surface area contributed by atoms with Crippen molar-refractivity contribution in [1.82, 2.24) is 0 Å². The lowest BCUT2D eigenvalue weighted by atomic mass is 9.96. The lowest BCUT2D eigenvalue weighted by Crippen LogP contribution is -2.01. The summed E-state index contributed by atoms with van der Waals surface area (Å²) in [6, 6.07) is 12.1. The zero-order chi connectivity index (χ0) is 24.6. The molecule has 0 heterocycles. The molecule has 2 aromatic carbocycles. The highest BCUT2D eigenvalue weighted by molar-refractivity contribution is 5.96. The van der Waals surface area contributed by atoms with Crippen LogP contribution in [0.3, 0.4) is 0 Å². The van der Waals surface area contributed by atoms with E-state index >= 15 is 0 Å². The van der Waals surface area contributed by atoms with Gasteiger partial charge in [-0.2, -0.15) is 0 Å². The zero-order valence-electron chi connectivity index (χ0n) is 21.0. The van der Waals surface area contributed by atoms with Gasteiger partial charge in [-0.05, 0) is 60.7 Å². The lowest BCUT2D eigenvalue weighted by molar-refractivity contribution is 0.0697. The number of carboxylic acid groups (broad SMARTS) is 1. The second kappa shape index (κ2) is 16.1. The van der Waals surface area contributed by atoms with Crippen LogP contribution >= 0.6 is 0 Å². The second-order valence-electron chi connectivity index (χ2n) is 8.96. The fourth-order valence-electron chi connectivity index (χ4n) is 4.02. The summed E-state index contributed by atoms with van der Waals surface area (Å²) in [5, 5.41) is 9.64. The minimum Gasteiger partial charge on any atom is -0.494 e. The molecule has 2 aromatic rings. The van der Waals surface area contributed by atoms with Crippen molar-refractivity contribution in [2.24, 2.45) is 0 Å². The van der Waals surface area contributed by atoms with E-state index in [1.54, 1.807) is 18.2 Å². The van der Waals surface area contributed by atoms with Gasteiger partial charge in [0.2, 0.25) is 0 Å². The van der Waals surface area contributed by atoms with Crippen molar-refractivity contribution in [2.75, 3.05) is 6.61 Å². The maximum Gasteiger partial charge on any atom is 0.336 e. The predicted molar refractivity (Wildman–Crippen MR) is 140 cm³/mol. The Kier molecular flexibility index (Phi) is 13.1. The molecule has 0 bridgehead atoms. The number of benzene rings is 2. The average Bonchev–Trinajstić information content (AvgIpc) is 2.85. The molecule has 0 atom stereocenters. The van der Waals surface area contributed by atoms with Crippen LogP contribution in [0.2, 0.25) is 0 Å². The highest BCUT2D eigenvalue weighted by Crippen LogP contribution is 2.30. The van der Waals surface area contributed by atoms with Gasteiger partial charge in [-0.15, -0.1) is 0 Å². The van der Waals surface area contributed by atoms with Crippen LogP contribution in [0.15, 0.2) is 48.5 Å². The van der Waals surface area contributed by atoms with Gasteiger partial charge < -0.3 is 9.84 Å². The third-order valence-electron chi connectivity index (χ3n) is 6.09. The molecule has 0 fully saturated rings. The minimum atomic E-state index is -1.02. The number of unbranched alkanes of at least 4 members (excludes halogenated alkanes) is 10. The molecule has 1 N–H and O–H groups in total. The molecule has 0 saturated heterocycles. The standard InChI is InChI=1S/C30H41FO3/c1-3-5-7-9-11-13-15-29(31)25-18-21-27(30(32)33)28(23-25)24-16-19-26(20-17-24)34-22-14-12-10-8-6-4-2/h15-21,23H,3-14,22H2,1-2H3,(H,32,33)/b29-15+. The number of aromatic carboxylic acids is 1. The van der Waals surface area contributed by atoms with E-state index in [9.17, 15) is 14.3 Å². The van der Waals surface area contributed by atoms with Crippen LogP contribution < -0.4 is 4.74 Å². The summed E-state index contributed by atoms with van der Waals surface area (Å²) >= 11 is 0. The summed E-state index contributed by atoms with van der Waals surface area (Å²) in [6.07, 6.45) is 15.2. The van der Waals surface area contributed by atoms with Gasteiger partial charge in [0.05, 0.1) is 12.2 Å². The van der Waals surface area contributed by atoms with Crippen LogP contribution in [-0.4, -0.2) is 17.7 Å². The molecule has 0 aliphatic heterocycles. The molecule has 0 spiro atoms. The van der Waals surface area contributed by atoms with Gasteiger partial charge >= 0.3 is 5.97 Å². The van der Waals surface area contributed by atoms with E-state index in [1.165, 1.54) is 57.4 Å². The van der Waals surface area contributed by atoms with Gasteiger partial charge in [0.25, 0.3) is 0 Å². The maximum atomic E-state index is 14.8. The molecule has 0 saturated carbocycles. The summed E-state index contributed by atoms with van der Waals surface area (Å²) in [6.45, 7) is 5.07. The molecule has 0 aliphatic rings. The van der Waals surface area contributed by atoms with Gasteiger partial charge in [-0.25, -0.2) is 9.18 Å². The maximum absolute atomic E-state index is 14.8. The Labute approximate surface area is 205 Å². The number of halogens is 1. The molecule has 34 heavy (non-hydrogen) atoms. The third-order valence-corrected chi connectivity index (χ3v) is 6.09. The Balaban J connectivity index is 2.01. The number of hydrogen-bond donors (Lipinski definition) is 1. The molecule has 0 unspecified atom stereocenters. The van der Waals surface area contributed by atoms with Crippen LogP contribution in [0, 0.1) is 0 Å². The third kappa shape index (κ3) is 9.70. The smallest absolute Gasteiger partial charge is 0.336 e. The molecular weight excluding hydrogens is 427 g/mol. The van der Waals surface area contributed by atoms with E-state index in [-0.39, 0.29) is 11.4 Å². The highest BCUT2D eigenvalue weighted by Gasteiger charge is 2.14. The van der Waals surface area contributed by atoms with E-state index in [2.05, 4.69) is 13.8 Å². The van der Waals surface area contributed by atoms with E-state index in [4.69, 9.17) is 4.74 Å². The molecule has 186 valence electrons. The van der Waals surface area contributed by atoms with Crippen molar-refractivity contribution in [3.05, 3.63) is 59.7 Å². The zero-order valence-corrected chi connectivity index (χ0v) is 21.0. The largest absolute Gasteiger partial charge is 0.494 e. The minimum absolute atomic E-state index is 0.164. The monoisotopic (exact) mass is 468 g/mol. The molecule has 4 heteroatoms. The topological polar surface area (TPSA) is 46.5 Å².